The molecule has 0 saturated carbocycles. The Bertz CT molecular complexity index is 1340. The number of furan rings is 1. The van der Waals surface area contributed by atoms with Gasteiger partial charge >= 0.3 is 0 Å². The van der Waals surface area contributed by atoms with Crippen molar-refractivity contribution in [3.8, 4) is 11.3 Å². The largest absolute Gasteiger partial charge is 0.455 e. The molecule has 0 saturated heterocycles. The summed E-state index contributed by atoms with van der Waals surface area (Å²) in [5.41, 5.74) is 3.63. The van der Waals surface area contributed by atoms with E-state index in [2.05, 4.69) is 30.8 Å². The summed E-state index contributed by atoms with van der Waals surface area (Å²) < 4.78 is 18.8. The summed E-state index contributed by atoms with van der Waals surface area (Å²) >= 11 is 0. The minimum absolute atomic E-state index is 0.0546. The van der Waals surface area contributed by atoms with E-state index in [1.165, 1.54) is 24.4 Å². The Morgan fingerprint density at radius 1 is 1.03 bits per heavy atom. The van der Waals surface area contributed by atoms with E-state index in [9.17, 15) is 14.5 Å². The average Bonchev–Trinajstić information content (AvgIpc) is 3.29. The third-order valence-electron chi connectivity index (χ3n) is 4.47. The molecule has 11 nitrogen and oxygen atoms in total. The monoisotopic (exact) mass is 462 g/mol. The van der Waals surface area contributed by atoms with E-state index in [-0.39, 0.29) is 23.4 Å². The van der Waals surface area contributed by atoms with Crippen LogP contribution in [0.5, 0.6) is 0 Å². The molecule has 0 aliphatic heterocycles. The Balaban J connectivity index is 1.51. The lowest BCUT2D eigenvalue weighted by molar-refractivity contribution is -0.384. The summed E-state index contributed by atoms with van der Waals surface area (Å²) in [5, 5.41) is 18.3. The summed E-state index contributed by atoms with van der Waals surface area (Å²) in [6.07, 6.45) is 1.39. The molecule has 0 radical (unpaired) electrons. The molecule has 0 atom stereocenters. The van der Waals surface area contributed by atoms with Crippen molar-refractivity contribution in [3.63, 3.8) is 0 Å². The van der Waals surface area contributed by atoms with E-state index >= 15 is 0 Å². The van der Waals surface area contributed by atoms with E-state index in [1.54, 1.807) is 61.5 Å². The molecular formula is C22H19FN8O3. The van der Waals surface area contributed by atoms with E-state index < -0.39 is 4.92 Å². The molecular weight excluding hydrogens is 443 g/mol. The van der Waals surface area contributed by atoms with Gasteiger partial charge in [0.25, 0.3) is 5.69 Å². The predicted molar refractivity (Wildman–Crippen MR) is 126 cm³/mol. The average molecular weight is 462 g/mol. The van der Waals surface area contributed by atoms with Crippen molar-refractivity contribution in [2.24, 2.45) is 5.10 Å². The maximum atomic E-state index is 13.2. The van der Waals surface area contributed by atoms with Gasteiger partial charge in [-0.15, -0.1) is 0 Å². The van der Waals surface area contributed by atoms with Crippen LogP contribution in [0.1, 0.15) is 5.76 Å². The summed E-state index contributed by atoms with van der Waals surface area (Å²) in [6.45, 7) is 0. The fourth-order valence-corrected chi connectivity index (χ4v) is 2.89. The Labute approximate surface area is 193 Å². The molecule has 4 aromatic rings. The maximum absolute atomic E-state index is 13.2. The van der Waals surface area contributed by atoms with Crippen LogP contribution in [0.2, 0.25) is 0 Å². The third-order valence-corrected chi connectivity index (χ3v) is 4.47. The van der Waals surface area contributed by atoms with Crippen LogP contribution in [0.4, 0.5) is 33.6 Å². The van der Waals surface area contributed by atoms with E-state index in [0.29, 0.717) is 28.7 Å². The highest BCUT2D eigenvalue weighted by molar-refractivity contribution is 5.79. The lowest BCUT2D eigenvalue weighted by Crippen LogP contribution is -2.15. The van der Waals surface area contributed by atoms with Gasteiger partial charge < -0.3 is 14.6 Å². The van der Waals surface area contributed by atoms with Gasteiger partial charge in [-0.1, -0.05) is 12.1 Å². The molecule has 0 bridgehead atoms. The number of halogens is 1. The normalized spacial score (nSPS) is 10.9. The molecule has 2 N–H and O–H groups in total. The zero-order valence-electron chi connectivity index (χ0n) is 18.1. The first kappa shape index (κ1) is 22.3. The van der Waals surface area contributed by atoms with Crippen molar-refractivity contribution in [2.45, 2.75) is 0 Å². The highest BCUT2D eigenvalue weighted by atomic mass is 19.1. The van der Waals surface area contributed by atoms with Crippen LogP contribution in [0.25, 0.3) is 11.3 Å². The Kier molecular flexibility index (Phi) is 6.39. The van der Waals surface area contributed by atoms with E-state index in [1.807, 2.05) is 0 Å². The SMILES string of the molecule is CN(C)c1nc(N/N=C\c2ccc(-c3ccccc3[N+](=O)[O-])o2)nc(Nc2ccc(F)cc2)n1. The van der Waals surface area contributed by atoms with Crippen LogP contribution >= 0.6 is 0 Å². The third kappa shape index (κ3) is 5.30. The van der Waals surface area contributed by atoms with Crippen molar-refractivity contribution in [2.75, 3.05) is 29.7 Å². The molecule has 0 fully saturated rings. The van der Waals surface area contributed by atoms with Crippen molar-refractivity contribution in [1.29, 1.82) is 0 Å². The Hall–Kier alpha value is -4.87. The number of nitrogens with zero attached hydrogens (tertiary/aromatic N) is 6. The molecule has 2 heterocycles. The van der Waals surface area contributed by atoms with E-state index in [4.69, 9.17) is 4.42 Å². The number of benzene rings is 2. The van der Waals surface area contributed by atoms with Crippen LogP contribution in [0.15, 0.2) is 70.2 Å². The van der Waals surface area contributed by atoms with Gasteiger partial charge in [-0.05, 0) is 42.5 Å². The molecule has 34 heavy (non-hydrogen) atoms. The molecule has 0 aliphatic carbocycles. The lowest BCUT2D eigenvalue weighted by atomic mass is 10.1. The smallest absolute Gasteiger partial charge is 0.280 e. The second kappa shape index (κ2) is 9.73. The number of anilines is 4. The summed E-state index contributed by atoms with van der Waals surface area (Å²) in [6, 6.07) is 15.3. The number of para-hydroxylation sites is 1. The molecule has 0 unspecified atom stereocenters. The zero-order chi connectivity index (χ0) is 24.1. The fourth-order valence-electron chi connectivity index (χ4n) is 2.89. The standard InChI is InChI=1S/C22H19FN8O3/c1-30(2)22-27-20(25-15-9-7-14(23)8-10-15)26-21(28-22)29-24-13-16-11-12-19(34-16)17-5-3-4-6-18(17)31(32)33/h3-13H,1-2H3,(H2,25,26,27,28,29)/b24-13-. The number of hydrogen-bond acceptors (Lipinski definition) is 10. The van der Waals surface area contributed by atoms with E-state index in [0.717, 1.165) is 0 Å². The number of rotatable bonds is 8. The minimum Gasteiger partial charge on any atom is -0.455 e. The predicted octanol–water partition coefficient (Wildman–Crippen LogP) is 4.43. The van der Waals surface area contributed by atoms with Gasteiger partial charge in [0.1, 0.15) is 17.3 Å². The van der Waals surface area contributed by atoms with Gasteiger partial charge in [0.15, 0.2) is 0 Å². The van der Waals surface area contributed by atoms with Gasteiger partial charge in [0.2, 0.25) is 17.8 Å². The number of hydrogen-bond donors (Lipinski definition) is 2. The first-order valence-corrected chi connectivity index (χ1v) is 9.98. The number of hydrazone groups is 1. The Morgan fingerprint density at radius 3 is 2.50 bits per heavy atom. The molecule has 0 aliphatic rings. The van der Waals surface area contributed by atoms with Crippen molar-refractivity contribution < 1.29 is 13.7 Å². The summed E-state index contributed by atoms with van der Waals surface area (Å²) in [4.78, 5) is 25.3. The van der Waals surface area contributed by atoms with Gasteiger partial charge in [0, 0.05) is 25.8 Å². The lowest BCUT2D eigenvalue weighted by Gasteiger charge is -2.13. The molecule has 2 aromatic carbocycles. The molecule has 4 rings (SSSR count). The topological polar surface area (TPSA) is 135 Å². The number of nitro groups is 1. The quantitative estimate of drug-likeness (QED) is 0.221. The minimum atomic E-state index is -0.464. The van der Waals surface area contributed by atoms with Crippen LogP contribution in [-0.4, -0.2) is 40.2 Å². The molecule has 2 aromatic heterocycles. The van der Waals surface area contributed by atoms with Crippen LogP contribution in [-0.2, 0) is 0 Å². The van der Waals surface area contributed by atoms with Gasteiger partial charge in [-0.25, -0.2) is 9.82 Å². The zero-order valence-corrected chi connectivity index (χ0v) is 18.1. The van der Waals surface area contributed by atoms with Crippen molar-refractivity contribution >= 4 is 35.4 Å². The first-order chi connectivity index (χ1) is 16.4. The van der Waals surface area contributed by atoms with Gasteiger partial charge in [0.05, 0.1) is 16.7 Å². The Morgan fingerprint density at radius 2 is 1.76 bits per heavy atom. The second-order valence-electron chi connectivity index (χ2n) is 7.16. The van der Waals surface area contributed by atoms with Crippen molar-refractivity contribution in [1.82, 2.24) is 15.0 Å². The van der Waals surface area contributed by atoms with Gasteiger partial charge in [-0.3, -0.25) is 10.1 Å². The number of nitrogens with one attached hydrogen (secondary N) is 2. The highest BCUT2D eigenvalue weighted by Crippen LogP contribution is 2.30. The molecule has 172 valence electrons. The molecule has 12 heteroatoms. The van der Waals surface area contributed by atoms with Crippen LogP contribution in [0.3, 0.4) is 0 Å². The first-order valence-electron chi connectivity index (χ1n) is 9.98. The maximum Gasteiger partial charge on any atom is 0.280 e. The second-order valence-corrected chi connectivity index (χ2v) is 7.16. The van der Waals surface area contributed by atoms with Crippen molar-refractivity contribution in [3.05, 3.63) is 82.4 Å². The fraction of sp³-hybridized carbons (Fsp3) is 0.0909. The number of nitro benzene ring substituents is 1. The molecule has 0 amide bonds. The van der Waals surface area contributed by atoms with Crippen LogP contribution in [0, 0.1) is 15.9 Å². The number of aromatic nitrogens is 3. The molecule has 0 spiro atoms. The summed E-state index contributed by atoms with van der Waals surface area (Å²) in [7, 11) is 3.55. The van der Waals surface area contributed by atoms with Gasteiger partial charge in [-0.2, -0.15) is 20.1 Å². The summed E-state index contributed by atoms with van der Waals surface area (Å²) in [5.74, 6) is 1.12. The van der Waals surface area contributed by atoms with Crippen LogP contribution < -0.4 is 15.6 Å². The highest BCUT2D eigenvalue weighted by Gasteiger charge is 2.17.